The molecule has 0 aliphatic carbocycles. The third-order valence-electron chi connectivity index (χ3n) is 9.71. The van der Waals surface area contributed by atoms with Gasteiger partial charge in [0.25, 0.3) is 0 Å². The minimum Gasteiger partial charge on any atom is -0.550 e. The quantitative estimate of drug-likeness (QED) is 0.0279. The number of carbonyl (C=O) groups is 4. The van der Waals surface area contributed by atoms with E-state index in [9.17, 15) is 68.6 Å². The van der Waals surface area contributed by atoms with Crippen LogP contribution in [0.25, 0.3) is 0 Å². The number of quaternary nitrogens is 2. The Balaban J connectivity index is 0.00000332. The fraction of sp³-hybridized carbons (Fsp3) is 0.600. The largest absolute Gasteiger partial charge is 0.550 e. The van der Waals surface area contributed by atoms with Crippen LogP contribution in [0.2, 0.25) is 0 Å². The van der Waals surface area contributed by atoms with Crippen molar-refractivity contribution in [1.29, 1.82) is 0 Å². The number of benzene rings is 2. The van der Waals surface area contributed by atoms with E-state index in [4.69, 9.17) is 19.0 Å². The number of nitrogens with one attached hydrogen (secondary N) is 2. The van der Waals surface area contributed by atoms with E-state index in [0.717, 1.165) is 11.1 Å². The molecule has 0 aliphatic heterocycles. The molecule has 0 fully saturated rings. The van der Waals surface area contributed by atoms with Gasteiger partial charge in [0.2, 0.25) is 0 Å². The number of carboxylic acid groups (broad SMARTS) is 2. The van der Waals surface area contributed by atoms with Gasteiger partial charge in [-0.25, -0.2) is 0 Å². The first-order valence-corrected chi connectivity index (χ1v) is 23.6. The van der Waals surface area contributed by atoms with Gasteiger partial charge in [-0.2, -0.15) is 0 Å². The number of unbranched alkanes of at least 4 members (excludes halogenated alkanes) is 2. The summed E-state index contributed by atoms with van der Waals surface area (Å²) in [6.45, 7) is 5.91. The van der Waals surface area contributed by atoms with E-state index in [1.54, 1.807) is 50.4 Å². The lowest BCUT2D eigenvalue weighted by atomic mass is 9.96. The summed E-state index contributed by atoms with van der Waals surface area (Å²) in [6, 6.07) is 8.75. The number of methoxy groups -OCH3 is 1. The van der Waals surface area contributed by atoms with Gasteiger partial charge in [-0.1, -0.05) is 36.8 Å². The van der Waals surface area contributed by atoms with Crippen LogP contribution in [0.4, 0.5) is 0 Å². The first kappa shape index (κ1) is 58.5. The van der Waals surface area contributed by atoms with E-state index in [2.05, 4.69) is 0 Å². The minimum absolute atomic E-state index is 0.0286. The van der Waals surface area contributed by atoms with Crippen LogP contribution in [0.3, 0.4) is 0 Å². The van der Waals surface area contributed by atoms with Crippen molar-refractivity contribution in [3.63, 3.8) is 0 Å². The SMILES string of the molecule is C=O.CCOc1c(CO)cccc1C[NH+](CP(=O)(O)O)C(CO)C(CCCCCC(=O)CCOCCOC)[NH+](Cc1cccc(CO)c1C)CP(=O)(O)O.O=C([O-])CCC(=O)[O-]. The van der Waals surface area contributed by atoms with Crippen LogP contribution in [-0.2, 0) is 64.1 Å². The molecule has 20 nitrogen and oxygen atoms in total. The maximum Gasteiger partial charge on any atom is 0.379 e. The van der Waals surface area contributed by atoms with Crippen LogP contribution in [0.1, 0.15) is 86.1 Å². The second-order valence-electron chi connectivity index (χ2n) is 14.3. The van der Waals surface area contributed by atoms with Crippen LogP contribution in [0.5, 0.6) is 5.75 Å². The number of ketones is 1. The van der Waals surface area contributed by atoms with Gasteiger partial charge >= 0.3 is 15.2 Å². The second-order valence-corrected chi connectivity index (χ2v) is 17.6. The topological polar surface area (TPSA) is 327 Å². The minimum atomic E-state index is -4.72. The number of Topliss-reactive ketones (excluding diaryl/α,β-unsaturated/α-hetero) is 1. The lowest BCUT2D eigenvalue weighted by molar-refractivity contribution is -0.999. The average molecular weight is 925 g/mol. The molecule has 4 unspecified atom stereocenters. The summed E-state index contributed by atoms with van der Waals surface area (Å²) in [4.78, 5) is 81.3. The van der Waals surface area contributed by atoms with Gasteiger partial charge in [0.1, 0.15) is 44.1 Å². The highest BCUT2D eigenvalue weighted by Gasteiger charge is 2.43. The monoisotopic (exact) mass is 924 g/mol. The molecule has 2 rings (SSSR count). The Bertz CT molecular complexity index is 1690. The van der Waals surface area contributed by atoms with E-state index >= 15 is 0 Å². The Hall–Kier alpha value is -3.46. The van der Waals surface area contributed by atoms with Crippen molar-refractivity contribution in [3.05, 3.63) is 64.2 Å². The summed E-state index contributed by atoms with van der Waals surface area (Å²) in [5.74, 6) is -2.32. The summed E-state index contributed by atoms with van der Waals surface area (Å²) < 4.78 is 41.5. The van der Waals surface area contributed by atoms with Crippen LogP contribution < -0.4 is 24.7 Å². The van der Waals surface area contributed by atoms with Crippen LogP contribution in [0.15, 0.2) is 36.4 Å². The van der Waals surface area contributed by atoms with Gasteiger partial charge < -0.3 is 83.5 Å². The van der Waals surface area contributed by atoms with Crippen molar-refractivity contribution in [1.82, 2.24) is 0 Å². The number of hydrogen-bond acceptors (Lipinski definition) is 14. The molecule has 0 heterocycles. The molecule has 354 valence electrons. The number of aliphatic hydroxyl groups is 3. The van der Waals surface area contributed by atoms with Crippen molar-refractivity contribution in [3.8, 4) is 5.75 Å². The summed E-state index contributed by atoms with van der Waals surface area (Å²) in [7, 11) is -7.83. The number of hydrogen-bond donors (Lipinski definition) is 9. The molecule has 22 heteroatoms. The number of aliphatic carboxylic acids is 2. The van der Waals surface area contributed by atoms with Crippen LogP contribution in [-0.4, -0.2) is 124 Å². The van der Waals surface area contributed by atoms with E-state index in [1.165, 1.54) is 0 Å². The number of aliphatic hydroxyl groups excluding tert-OH is 3. The highest BCUT2D eigenvalue weighted by atomic mass is 31.2. The third-order valence-corrected chi connectivity index (χ3v) is 11.3. The molecule has 0 aromatic heterocycles. The van der Waals surface area contributed by atoms with E-state index < -0.39 is 71.2 Å². The number of carbonyl (C=O) groups excluding carboxylic acids is 4. The molecule has 4 atom stereocenters. The number of rotatable bonds is 31. The first-order chi connectivity index (χ1) is 29.3. The van der Waals surface area contributed by atoms with E-state index in [0.29, 0.717) is 79.3 Å². The standard InChI is InChI=1S/C35H58N2O13P2.C4H6O4.CH2O/c1-4-50-35-29(11-9-13-31(35)23-39)21-37(26-52(45,46)47)34(24-40)33(15-7-5-6-14-32(41)16-17-49-19-18-48-3)36(25-51(42,43)44)20-28-10-8-12-30(22-38)27(28)2;5-3(6)1-2-4(7)8;1-2/h8-13,33-34,38-40H,4-7,14-26H2,1-3H3,(H2,42,43,44)(H2,45,46,47);1-2H2,(H,5,6)(H,7,8);1H2. The van der Waals surface area contributed by atoms with Crippen molar-refractivity contribution in [2.75, 3.05) is 52.7 Å². The molecular formula is C40H66N2O18P2. The Labute approximate surface area is 362 Å². The first-order valence-electron chi connectivity index (χ1n) is 20.0. The maximum atomic E-state index is 12.7. The van der Waals surface area contributed by atoms with E-state index in [1.807, 2.05) is 13.7 Å². The molecule has 0 saturated heterocycles. The van der Waals surface area contributed by atoms with Gasteiger partial charge in [-0.15, -0.1) is 0 Å². The highest BCUT2D eigenvalue weighted by Crippen LogP contribution is 2.33. The molecular weight excluding hydrogens is 858 g/mol. The van der Waals surface area contributed by atoms with Crippen molar-refractivity contribution < 1.29 is 97.4 Å². The lowest BCUT2D eigenvalue weighted by Crippen LogP contribution is -3.25. The van der Waals surface area contributed by atoms with Crippen LogP contribution in [0, 0.1) is 6.92 Å². The molecule has 0 saturated carbocycles. The Morgan fingerprint density at radius 3 is 1.73 bits per heavy atom. The van der Waals surface area contributed by atoms with Gasteiger partial charge in [-0.05, 0) is 56.7 Å². The molecule has 0 radical (unpaired) electrons. The molecule has 9 N–H and O–H groups in total. The lowest BCUT2D eigenvalue weighted by Gasteiger charge is -2.38. The molecule has 0 bridgehead atoms. The summed E-state index contributed by atoms with van der Waals surface area (Å²) in [5.41, 5.74) is 3.15. The van der Waals surface area contributed by atoms with Crippen molar-refractivity contribution in [2.24, 2.45) is 0 Å². The summed E-state index contributed by atoms with van der Waals surface area (Å²) in [5, 5.41) is 49.9. The van der Waals surface area contributed by atoms with Crippen molar-refractivity contribution in [2.45, 2.75) is 104 Å². The van der Waals surface area contributed by atoms with Gasteiger partial charge in [-0.3, -0.25) is 13.9 Å². The zero-order chi connectivity index (χ0) is 47.3. The smallest absolute Gasteiger partial charge is 0.379 e. The molecule has 62 heavy (non-hydrogen) atoms. The van der Waals surface area contributed by atoms with Gasteiger partial charge in [0.05, 0.1) is 39.6 Å². The van der Waals surface area contributed by atoms with Gasteiger partial charge in [0, 0.05) is 55.0 Å². The van der Waals surface area contributed by atoms with Crippen molar-refractivity contribution >= 4 is 39.7 Å². The van der Waals surface area contributed by atoms with E-state index in [-0.39, 0.29) is 50.0 Å². The molecule has 2 aromatic rings. The molecule has 0 aliphatic rings. The third kappa shape index (κ3) is 25.0. The highest BCUT2D eigenvalue weighted by molar-refractivity contribution is 7.51. The number of para-hydroxylation sites is 1. The Kier molecular flexibility index (Phi) is 30.4. The molecule has 0 spiro atoms. The number of carboxylic acids is 2. The average Bonchev–Trinajstić information content (AvgIpc) is 3.20. The van der Waals surface area contributed by atoms with Gasteiger partial charge in [0.15, 0.2) is 18.6 Å². The molecule has 2 aromatic carbocycles. The normalized spacial score (nSPS) is 13.4. The molecule has 0 amide bonds. The second kappa shape index (κ2) is 32.2. The zero-order valence-electron chi connectivity index (χ0n) is 35.8. The number of ether oxygens (including phenoxy) is 3. The maximum absolute atomic E-state index is 12.7. The summed E-state index contributed by atoms with van der Waals surface area (Å²) in [6.07, 6.45) is 0.318. The Morgan fingerprint density at radius 2 is 1.23 bits per heavy atom. The fourth-order valence-corrected chi connectivity index (χ4v) is 8.56. The fourth-order valence-electron chi connectivity index (χ4n) is 6.81. The van der Waals surface area contributed by atoms with Crippen LogP contribution >= 0.6 is 15.2 Å². The Morgan fingerprint density at radius 1 is 0.710 bits per heavy atom. The predicted molar refractivity (Wildman–Crippen MR) is 220 cm³/mol. The predicted octanol–water partition coefficient (Wildman–Crippen LogP) is -2.50. The zero-order valence-corrected chi connectivity index (χ0v) is 37.6. The summed E-state index contributed by atoms with van der Waals surface area (Å²) >= 11 is 0.